The van der Waals surface area contributed by atoms with Crippen LogP contribution >= 0.6 is 23.4 Å². The summed E-state index contributed by atoms with van der Waals surface area (Å²) >= 11 is 7.11. The number of halogens is 1. The number of rotatable bonds is 6. The van der Waals surface area contributed by atoms with Crippen LogP contribution in [0.5, 0.6) is 0 Å². The smallest absolute Gasteiger partial charge is 0.238 e. The Morgan fingerprint density at radius 1 is 1.38 bits per heavy atom. The molecule has 2 rings (SSSR count). The average Bonchev–Trinajstić information content (AvgIpc) is 2.57. The molecule has 0 saturated carbocycles. The van der Waals surface area contributed by atoms with E-state index in [1.807, 2.05) is 0 Å². The summed E-state index contributed by atoms with van der Waals surface area (Å²) in [5, 5.41) is 3.38. The molecule has 126 valence electrons. The molecule has 1 aliphatic rings. The van der Waals surface area contributed by atoms with Crippen molar-refractivity contribution < 1.29 is 9.59 Å². The summed E-state index contributed by atoms with van der Waals surface area (Å²) < 4.78 is 0. The summed E-state index contributed by atoms with van der Waals surface area (Å²) in [6.45, 7) is 8.03. The minimum absolute atomic E-state index is 0.116. The minimum atomic E-state index is -0.530. The highest BCUT2D eigenvalue weighted by Gasteiger charge is 2.35. The second kappa shape index (κ2) is 8.70. The van der Waals surface area contributed by atoms with E-state index in [0.29, 0.717) is 29.0 Å². The van der Waals surface area contributed by atoms with Crippen molar-refractivity contribution in [2.24, 2.45) is 4.99 Å². The number of nitrogens with one attached hydrogen (secondary N) is 1. The number of anilines is 1. The van der Waals surface area contributed by atoms with Crippen LogP contribution in [0.3, 0.4) is 0 Å². The standard InChI is InChI=1S/C17H18ClN3O2S/c1-3-9-19-17-21(10-4-2)15(22)11-14(24-17)16(23)20-13-7-5-12(18)6-8-13/h3-8,14H,1-2,9-11H2,(H,20,23)/t14-/m0/s1. The van der Waals surface area contributed by atoms with Gasteiger partial charge in [0.25, 0.3) is 0 Å². The molecule has 0 aromatic heterocycles. The van der Waals surface area contributed by atoms with Crippen molar-refractivity contribution in [3.8, 4) is 0 Å². The predicted octanol–water partition coefficient (Wildman–Crippen LogP) is 3.34. The Morgan fingerprint density at radius 2 is 2.08 bits per heavy atom. The van der Waals surface area contributed by atoms with Crippen molar-refractivity contribution in [1.82, 2.24) is 4.90 Å². The number of hydrogen-bond acceptors (Lipinski definition) is 4. The van der Waals surface area contributed by atoms with Crippen LogP contribution in [0.15, 0.2) is 54.6 Å². The highest BCUT2D eigenvalue weighted by molar-refractivity contribution is 8.15. The molecule has 0 bridgehead atoms. The van der Waals surface area contributed by atoms with Gasteiger partial charge in [0.1, 0.15) is 5.25 Å². The van der Waals surface area contributed by atoms with Crippen molar-refractivity contribution in [3.05, 3.63) is 54.6 Å². The zero-order chi connectivity index (χ0) is 17.5. The average molecular weight is 364 g/mol. The Hall–Kier alpha value is -2.05. The first kappa shape index (κ1) is 18.3. The zero-order valence-electron chi connectivity index (χ0n) is 13.1. The maximum atomic E-state index is 12.5. The second-order valence-electron chi connectivity index (χ2n) is 5.01. The Balaban J connectivity index is 2.11. The van der Waals surface area contributed by atoms with Crippen LogP contribution in [0, 0.1) is 0 Å². The van der Waals surface area contributed by atoms with Crippen molar-refractivity contribution in [1.29, 1.82) is 0 Å². The minimum Gasteiger partial charge on any atom is -0.325 e. The van der Waals surface area contributed by atoms with E-state index in [0.717, 1.165) is 0 Å². The van der Waals surface area contributed by atoms with E-state index in [1.165, 1.54) is 16.7 Å². The third-order valence-electron chi connectivity index (χ3n) is 3.21. The molecule has 1 saturated heterocycles. The molecule has 7 heteroatoms. The van der Waals surface area contributed by atoms with Crippen molar-refractivity contribution >= 4 is 46.0 Å². The van der Waals surface area contributed by atoms with Gasteiger partial charge >= 0.3 is 0 Å². The van der Waals surface area contributed by atoms with Crippen LogP contribution in [0.4, 0.5) is 5.69 Å². The highest BCUT2D eigenvalue weighted by Crippen LogP contribution is 2.28. The summed E-state index contributed by atoms with van der Waals surface area (Å²) in [7, 11) is 0. The lowest BCUT2D eigenvalue weighted by atomic mass is 10.2. The third-order valence-corrected chi connectivity index (χ3v) is 4.69. The molecular weight excluding hydrogens is 346 g/mol. The third kappa shape index (κ3) is 4.72. The molecular formula is C17H18ClN3O2S. The number of carbonyl (C=O) groups is 2. The van der Waals surface area contributed by atoms with Crippen LogP contribution in [-0.2, 0) is 9.59 Å². The molecule has 24 heavy (non-hydrogen) atoms. The number of benzene rings is 1. The van der Waals surface area contributed by atoms with Gasteiger partial charge in [0.05, 0.1) is 6.54 Å². The van der Waals surface area contributed by atoms with Crippen molar-refractivity contribution in [3.63, 3.8) is 0 Å². The number of carbonyl (C=O) groups excluding carboxylic acids is 2. The van der Waals surface area contributed by atoms with Gasteiger partial charge in [-0.25, -0.2) is 0 Å². The van der Waals surface area contributed by atoms with Crippen LogP contribution in [-0.4, -0.2) is 40.2 Å². The SMILES string of the molecule is C=CCN=C1S[C@H](C(=O)Nc2ccc(Cl)cc2)CC(=O)N1CC=C. The molecule has 1 aromatic carbocycles. The van der Waals surface area contributed by atoms with Gasteiger partial charge in [0, 0.05) is 23.7 Å². The van der Waals surface area contributed by atoms with Gasteiger partial charge in [-0.05, 0) is 24.3 Å². The fraction of sp³-hybridized carbons (Fsp3) is 0.235. The lowest BCUT2D eigenvalue weighted by molar-refractivity contribution is -0.129. The molecule has 2 amide bonds. The van der Waals surface area contributed by atoms with E-state index < -0.39 is 5.25 Å². The first-order chi connectivity index (χ1) is 11.5. The molecule has 0 unspecified atom stereocenters. The van der Waals surface area contributed by atoms with E-state index in [2.05, 4.69) is 23.5 Å². The molecule has 1 atom stereocenters. The number of hydrogen-bond donors (Lipinski definition) is 1. The lowest BCUT2D eigenvalue weighted by Crippen LogP contribution is -2.45. The summed E-state index contributed by atoms with van der Waals surface area (Å²) in [4.78, 5) is 30.6. The molecule has 0 radical (unpaired) electrons. The van der Waals surface area contributed by atoms with Gasteiger partial charge in [-0.3, -0.25) is 19.5 Å². The maximum absolute atomic E-state index is 12.5. The summed E-state index contributed by atoms with van der Waals surface area (Å²) in [5.74, 6) is -0.382. The first-order valence-electron chi connectivity index (χ1n) is 7.35. The topological polar surface area (TPSA) is 61.8 Å². The second-order valence-corrected chi connectivity index (χ2v) is 6.62. The van der Waals surface area contributed by atoms with Gasteiger partial charge in [-0.1, -0.05) is 35.5 Å². The predicted molar refractivity (Wildman–Crippen MR) is 100 cm³/mol. The molecule has 1 aromatic rings. The van der Waals surface area contributed by atoms with E-state index in [-0.39, 0.29) is 18.2 Å². The Kier molecular flexibility index (Phi) is 6.63. The Labute approximate surface area is 150 Å². The van der Waals surface area contributed by atoms with E-state index in [9.17, 15) is 9.59 Å². The van der Waals surface area contributed by atoms with Crippen molar-refractivity contribution in [2.75, 3.05) is 18.4 Å². The molecule has 1 fully saturated rings. The number of aliphatic imine (C=N–C) groups is 1. The van der Waals surface area contributed by atoms with E-state index in [4.69, 9.17) is 11.6 Å². The maximum Gasteiger partial charge on any atom is 0.238 e. The summed E-state index contributed by atoms with van der Waals surface area (Å²) in [5.41, 5.74) is 0.635. The molecule has 1 N–H and O–H groups in total. The van der Waals surface area contributed by atoms with E-state index >= 15 is 0 Å². The largest absolute Gasteiger partial charge is 0.325 e. The lowest BCUT2D eigenvalue weighted by Gasteiger charge is -2.31. The van der Waals surface area contributed by atoms with Crippen LogP contribution in [0.25, 0.3) is 0 Å². The molecule has 0 spiro atoms. The van der Waals surface area contributed by atoms with Crippen molar-refractivity contribution in [2.45, 2.75) is 11.7 Å². The fourth-order valence-electron chi connectivity index (χ4n) is 2.08. The van der Waals surface area contributed by atoms with Gasteiger partial charge in [-0.2, -0.15) is 0 Å². The Bertz CT molecular complexity index is 673. The molecule has 1 heterocycles. The molecule has 5 nitrogen and oxygen atoms in total. The highest BCUT2D eigenvalue weighted by atomic mass is 35.5. The van der Waals surface area contributed by atoms with Gasteiger partial charge in [-0.15, -0.1) is 13.2 Å². The number of amides is 2. The number of nitrogens with zero attached hydrogens (tertiary/aromatic N) is 2. The first-order valence-corrected chi connectivity index (χ1v) is 8.60. The summed E-state index contributed by atoms with van der Waals surface area (Å²) in [6.07, 6.45) is 3.39. The normalized spacial score (nSPS) is 19.2. The number of amidine groups is 1. The van der Waals surface area contributed by atoms with E-state index in [1.54, 1.807) is 36.4 Å². The van der Waals surface area contributed by atoms with Crippen LogP contribution in [0.1, 0.15) is 6.42 Å². The molecule has 1 aliphatic heterocycles. The van der Waals surface area contributed by atoms with Gasteiger partial charge < -0.3 is 5.32 Å². The van der Waals surface area contributed by atoms with Gasteiger partial charge in [0.2, 0.25) is 11.8 Å². The zero-order valence-corrected chi connectivity index (χ0v) is 14.6. The quantitative estimate of drug-likeness (QED) is 0.788. The monoisotopic (exact) mass is 363 g/mol. The fourth-order valence-corrected chi connectivity index (χ4v) is 3.31. The Morgan fingerprint density at radius 3 is 2.71 bits per heavy atom. The van der Waals surface area contributed by atoms with Gasteiger partial charge in [0.15, 0.2) is 5.17 Å². The number of thioether (sulfide) groups is 1. The summed E-state index contributed by atoms with van der Waals surface area (Å²) in [6, 6.07) is 6.82. The molecule has 0 aliphatic carbocycles. The van der Waals surface area contributed by atoms with Crippen LogP contribution in [0.2, 0.25) is 5.02 Å². The van der Waals surface area contributed by atoms with Crippen LogP contribution < -0.4 is 5.32 Å².